The minimum Gasteiger partial charge on any atom is -0.433 e. The molecule has 3 heterocycles. The minimum atomic E-state index is 0.343. The van der Waals surface area contributed by atoms with Crippen molar-refractivity contribution >= 4 is 28.7 Å². The Morgan fingerprint density at radius 3 is 2.66 bits per heavy atom. The van der Waals surface area contributed by atoms with Gasteiger partial charge in [-0.1, -0.05) is 25.3 Å². The number of benzene rings is 1. The molecule has 0 aromatic heterocycles. The molecule has 0 N–H and O–H groups in total. The maximum Gasteiger partial charge on any atom is 0.263 e. The van der Waals surface area contributed by atoms with Crippen LogP contribution in [0.5, 0.6) is 5.75 Å². The number of likely N-dealkylation sites (tertiary alicyclic amines) is 2. The van der Waals surface area contributed by atoms with Crippen molar-refractivity contribution in [2.24, 2.45) is 9.98 Å². The fourth-order valence-corrected chi connectivity index (χ4v) is 4.69. The zero-order chi connectivity index (χ0) is 20.2. The molecule has 2 saturated heterocycles. The molecule has 7 heteroatoms. The van der Waals surface area contributed by atoms with Gasteiger partial charge in [-0.25, -0.2) is 4.99 Å². The Morgan fingerprint density at radius 1 is 1.24 bits per heavy atom. The fraction of sp³-hybridized carbons (Fsp3) is 0.409. The highest BCUT2D eigenvalue weighted by Crippen LogP contribution is 2.28. The van der Waals surface area contributed by atoms with E-state index in [9.17, 15) is 4.79 Å². The van der Waals surface area contributed by atoms with E-state index in [2.05, 4.69) is 45.1 Å². The molecule has 2 fully saturated rings. The van der Waals surface area contributed by atoms with Crippen LogP contribution in [0.25, 0.3) is 0 Å². The summed E-state index contributed by atoms with van der Waals surface area (Å²) in [7, 11) is 0. The zero-order valence-electron chi connectivity index (χ0n) is 16.5. The maximum atomic E-state index is 11.9. The van der Waals surface area contributed by atoms with E-state index in [1.807, 2.05) is 12.1 Å². The zero-order valence-corrected chi connectivity index (χ0v) is 17.4. The molecule has 1 aromatic carbocycles. The number of ether oxygens (including phenoxy) is 1. The Kier molecular flexibility index (Phi) is 6.16. The molecule has 3 aliphatic heterocycles. The Balaban J connectivity index is 1.28. The number of carbonyl (C=O) groups excluding carboxylic acids is 1. The van der Waals surface area contributed by atoms with Crippen LogP contribution in [0.15, 0.2) is 58.5 Å². The van der Waals surface area contributed by atoms with E-state index >= 15 is 0 Å². The molecule has 0 radical (unpaired) electrons. The second-order valence-corrected chi connectivity index (χ2v) is 8.53. The van der Waals surface area contributed by atoms with Gasteiger partial charge in [0.1, 0.15) is 5.75 Å². The molecular formula is C22H26N4O2S. The van der Waals surface area contributed by atoms with Crippen LogP contribution in [0.1, 0.15) is 31.2 Å². The van der Waals surface area contributed by atoms with Crippen molar-refractivity contribution < 1.29 is 9.53 Å². The number of rotatable bonds is 5. The van der Waals surface area contributed by atoms with Gasteiger partial charge >= 0.3 is 0 Å². The summed E-state index contributed by atoms with van der Waals surface area (Å²) >= 11 is 1.37. The molecule has 1 aromatic rings. The lowest BCUT2D eigenvalue weighted by Crippen LogP contribution is -2.45. The molecule has 0 spiro atoms. The van der Waals surface area contributed by atoms with Crippen molar-refractivity contribution in [3.8, 4) is 5.75 Å². The van der Waals surface area contributed by atoms with E-state index in [1.165, 1.54) is 23.5 Å². The SMILES string of the molecule is C=CN=C1N=C(Oc2ccc(CN3CCC(N4CCCC4=O)CC3)cc2)SC1=C. The van der Waals surface area contributed by atoms with Crippen LogP contribution in [0.2, 0.25) is 0 Å². The number of amidine groups is 1. The molecule has 0 atom stereocenters. The third-order valence-corrected chi connectivity index (χ3v) is 6.29. The van der Waals surface area contributed by atoms with Crippen LogP contribution >= 0.6 is 11.8 Å². The molecule has 0 saturated carbocycles. The summed E-state index contributed by atoms with van der Waals surface area (Å²) in [5.74, 6) is 1.64. The number of hydrogen-bond acceptors (Lipinski definition) is 5. The summed E-state index contributed by atoms with van der Waals surface area (Å²) in [6.45, 7) is 11.4. The maximum absolute atomic E-state index is 11.9. The average Bonchev–Trinajstić information content (AvgIpc) is 3.30. The first kappa shape index (κ1) is 19.9. The van der Waals surface area contributed by atoms with Gasteiger partial charge in [0.15, 0.2) is 5.84 Å². The van der Waals surface area contributed by atoms with Gasteiger partial charge in [-0.15, -0.1) is 0 Å². The van der Waals surface area contributed by atoms with E-state index in [0.717, 1.165) is 62.5 Å². The average molecular weight is 411 g/mol. The summed E-state index contributed by atoms with van der Waals surface area (Å²) in [5, 5.41) is 0.530. The largest absolute Gasteiger partial charge is 0.433 e. The molecule has 4 rings (SSSR count). The smallest absolute Gasteiger partial charge is 0.263 e. The van der Waals surface area contributed by atoms with Gasteiger partial charge < -0.3 is 9.64 Å². The van der Waals surface area contributed by atoms with Crippen LogP contribution in [-0.4, -0.2) is 52.4 Å². The van der Waals surface area contributed by atoms with Crippen molar-refractivity contribution in [3.05, 3.63) is 54.1 Å². The van der Waals surface area contributed by atoms with Crippen molar-refractivity contribution in [1.29, 1.82) is 0 Å². The van der Waals surface area contributed by atoms with E-state index in [-0.39, 0.29) is 0 Å². The summed E-state index contributed by atoms with van der Waals surface area (Å²) in [5.41, 5.74) is 1.26. The number of aliphatic imine (C=N–C) groups is 2. The molecule has 0 aliphatic carbocycles. The third-order valence-electron chi connectivity index (χ3n) is 5.51. The fourth-order valence-electron chi connectivity index (χ4n) is 4.02. The van der Waals surface area contributed by atoms with Crippen molar-refractivity contribution in [2.45, 2.75) is 38.3 Å². The highest BCUT2D eigenvalue weighted by molar-refractivity contribution is 8.18. The van der Waals surface area contributed by atoms with Gasteiger partial charge in [0, 0.05) is 44.8 Å². The normalized spacial score (nSPS) is 22.4. The lowest BCUT2D eigenvalue weighted by Gasteiger charge is -2.36. The monoisotopic (exact) mass is 410 g/mol. The predicted octanol–water partition coefficient (Wildman–Crippen LogP) is 3.81. The van der Waals surface area contributed by atoms with Gasteiger partial charge in [0.2, 0.25) is 5.91 Å². The first-order valence-electron chi connectivity index (χ1n) is 10.1. The molecule has 0 bridgehead atoms. The van der Waals surface area contributed by atoms with Gasteiger partial charge in [-0.3, -0.25) is 9.69 Å². The van der Waals surface area contributed by atoms with E-state index in [0.29, 0.717) is 23.0 Å². The van der Waals surface area contributed by atoms with Crippen LogP contribution in [0, 0.1) is 0 Å². The molecule has 29 heavy (non-hydrogen) atoms. The summed E-state index contributed by atoms with van der Waals surface area (Å²) in [4.78, 5) is 25.7. The molecule has 152 valence electrons. The number of hydrogen-bond donors (Lipinski definition) is 0. The number of amides is 1. The van der Waals surface area contributed by atoms with E-state index in [4.69, 9.17) is 4.74 Å². The first-order chi connectivity index (χ1) is 14.1. The lowest BCUT2D eigenvalue weighted by molar-refractivity contribution is -0.130. The lowest BCUT2D eigenvalue weighted by atomic mass is 10.0. The standard InChI is InChI=1S/C22H26N4O2S/c1-3-23-21-16(2)29-22(24-21)28-19-8-6-17(7-9-19)15-25-13-10-18(11-14-25)26-12-4-5-20(26)27/h3,6-9,18H,1-2,4-5,10-15H2. The van der Waals surface area contributed by atoms with Crippen molar-refractivity contribution in [3.63, 3.8) is 0 Å². The summed E-state index contributed by atoms with van der Waals surface area (Å²) in [6, 6.07) is 8.57. The Hall–Kier alpha value is -2.38. The molecule has 1 amide bonds. The second kappa shape index (κ2) is 8.97. The van der Waals surface area contributed by atoms with Crippen LogP contribution in [0.4, 0.5) is 0 Å². The summed E-state index contributed by atoms with van der Waals surface area (Å²) in [6.07, 6.45) is 5.35. The van der Waals surface area contributed by atoms with E-state index < -0.39 is 0 Å². The van der Waals surface area contributed by atoms with Crippen LogP contribution in [-0.2, 0) is 11.3 Å². The van der Waals surface area contributed by atoms with Gasteiger partial charge in [0.25, 0.3) is 5.23 Å². The minimum absolute atomic E-state index is 0.343. The Bertz CT molecular complexity index is 854. The highest BCUT2D eigenvalue weighted by atomic mass is 32.2. The number of thioether (sulfide) groups is 1. The summed E-state index contributed by atoms with van der Waals surface area (Å²) < 4.78 is 5.83. The Morgan fingerprint density at radius 2 is 2.00 bits per heavy atom. The predicted molar refractivity (Wildman–Crippen MR) is 118 cm³/mol. The van der Waals surface area contributed by atoms with Gasteiger partial charge in [-0.2, -0.15) is 4.99 Å². The van der Waals surface area contributed by atoms with Gasteiger partial charge in [0.05, 0.1) is 4.91 Å². The van der Waals surface area contributed by atoms with Crippen LogP contribution < -0.4 is 4.74 Å². The number of piperidine rings is 1. The number of nitrogens with zero attached hydrogens (tertiary/aromatic N) is 4. The van der Waals surface area contributed by atoms with Crippen molar-refractivity contribution in [2.75, 3.05) is 19.6 Å². The highest BCUT2D eigenvalue weighted by Gasteiger charge is 2.30. The van der Waals surface area contributed by atoms with Gasteiger partial charge in [-0.05, 0) is 48.7 Å². The quantitative estimate of drug-likeness (QED) is 0.741. The Labute approximate surface area is 176 Å². The molecule has 6 nitrogen and oxygen atoms in total. The molecule has 0 unspecified atom stereocenters. The number of carbonyl (C=O) groups is 1. The van der Waals surface area contributed by atoms with Crippen molar-refractivity contribution in [1.82, 2.24) is 9.80 Å². The second-order valence-electron chi connectivity index (χ2n) is 7.48. The van der Waals surface area contributed by atoms with E-state index in [1.54, 1.807) is 0 Å². The molecule has 3 aliphatic rings. The molecular weight excluding hydrogens is 384 g/mol. The third kappa shape index (κ3) is 4.79. The topological polar surface area (TPSA) is 57.5 Å². The first-order valence-corrected chi connectivity index (χ1v) is 10.9. The van der Waals surface area contributed by atoms with Crippen LogP contribution in [0.3, 0.4) is 0 Å².